The van der Waals surface area contributed by atoms with Crippen molar-refractivity contribution in [2.75, 3.05) is 5.32 Å². The molecule has 12 heavy (non-hydrogen) atoms. The second kappa shape index (κ2) is 3.74. The molecule has 0 aliphatic heterocycles. The predicted octanol–water partition coefficient (Wildman–Crippen LogP) is 1.27. The van der Waals surface area contributed by atoms with Gasteiger partial charge in [0.05, 0.1) is 17.8 Å². The van der Waals surface area contributed by atoms with E-state index in [1.54, 1.807) is 12.1 Å². The second-order valence-corrected chi connectivity index (χ2v) is 2.62. The molecule has 3 heteroatoms. The molecule has 0 radical (unpaired) electrons. The van der Waals surface area contributed by atoms with Crippen molar-refractivity contribution in [3.63, 3.8) is 0 Å². The minimum atomic E-state index is -0.0714. The van der Waals surface area contributed by atoms with Gasteiger partial charge in [-0.05, 0) is 31.2 Å². The van der Waals surface area contributed by atoms with Crippen molar-refractivity contribution in [3.8, 4) is 6.07 Å². The predicted molar refractivity (Wildman–Crippen MR) is 48.4 cm³/mol. The third kappa shape index (κ3) is 2.26. The van der Waals surface area contributed by atoms with Crippen LogP contribution >= 0.6 is 0 Å². The summed E-state index contributed by atoms with van der Waals surface area (Å²) >= 11 is 0. The van der Waals surface area contributed by atoms with Crippen molar-refractivity contribution < 1.29 is 0 Å². The summed E-state index contributed by atoms with van der Waals surface area (Å²) in [5.74, 6) is 0. The number of rotatable bonds is 2. The van der Waals surface area contributed by atoms with Crippen LogP contribution in [-0.4, -0.2) is 6.17 Å². The average molecular weight is 161 g/mol. The van der Waals surface area contributed by atoms with Gasteiger partial charge in [0.15, 0.2) is 0 Å². The van der Waals surface area contributed by atoms with Gasteiger partial charge in [0.1, 0.15) is 0 Å². The number of nitrogens with one attached hydrogen (secondary N) is 1. The van der Waals surface area contributed by atoms with Gasteiger partial charge in [-0.15, -0.1) is 0 Å². The summed E-state index contributed by atoms with van der Waals surface area (Å²) in [7, 11) is 0. The molecule has 0 aliphatic carbocycles. The first-order valence-electron chi connectivity index (χ1n) is 3.74. The first-order valence-corrected chi connectivity index (χ1v) is 3.74. The Kier molecular flexibility index (Phi) is 2.67. The van der Waals surface area contributed by atoms with E-state index in [0.29, 0.717) is 5.56 Å². The summed E-state index contributed by atoms with van der Waals surface area (Å²) in [4.78, 5) is 0. The minimum Gasteiger partial charge on any atom is -0.370 e. The molecule has 1 aromatic carbocycles. The molecular weight excluding hydrogens is 150 g/mol. The van der Waals surface area contributed by atoms with Gasteiger partial charge in [-0.3, -0.25) is 0 Å². The lowest BCUT2D eigenvalue weighted by Gasteiger charge is -2.08. The van der Waals surface area contributed by atoms with Crippen LogP contribution in [0.15, 0.2) is 24.3 Å². The van der Waals surface area contributed by atoms with Crippen LogP contribution in [0.4, 0.5) is 5.69 Å². The van der Waals surface area contributed by atoms with Crippen LogP contribution in [0, 0.1) is 11.3 Å². The molecule has 0 spiro atoms. The van der Waals surface area contributed by atoms with Crippen molar-refractivity contribution in [1.29, 1.82) is 5.26 Å². The van der Waals surface area contributed by atoms with E-state index >= 15 is 0 Å². The quantitative estimate of drug-likeness (QED) is 0.642. The number of nitrogens with zero attached hydrogens (tertiary/aromatic N) is 1. The van der Waals surface area contributed by atoms with Crippen molar-refractivity contribution in [2.24, 2.45) is 5.73 Å². The van der Waals surface area contributed by atoms with E-state index in [-0.39, 0.29) is 6.17 Å². The lowest BCUT2D eigenvalue weighted by Crippen LogP contribution is -2.24. The lowest BCUT2D eigenvalue weighted by atomic mass is 10.2. The van der Waals surface area contributed by atoms with Crippen LogP contribution in [0.2, 0.25) is 0 Å². The molecule has 0 fully saturated rings. The van der Waals surface area contributed by atoms with Gasteiger partial charge in [-0.2, -0.15) is 5.26 Å². The van der Waals surface area contributed by atoms with Crippen LogP contribution < -0.4 is 11.1 Å². The van der Waals surface area contributed by atoms with Gasteiger partial charge in [0, 0.05) is 5.69 Å². The topological polar surface area (TPSA) is 61.8 Å². The highest BCUT2D eigenvalue weighted by atomic mass is 15.0. The monoisotopic (exact) mass is 161 g/mol. The SMILES string of the molecule is CC(N)Nc1ccc(C#N)cc1. The van der Waals surface area contributed by atoms with Gasteiger partial charge >= 0.3 is 0 Å². The number of hydrogen-bond donors (Lipinski definition) is 2. The fourth-order valence-corrected chi connectivity index (χ4v) is 0.904. The highest BCUT2D eigenvalue weighted by Crippen LogP contribution is 2.08. The second-order valence-electron chi connectivity index (χ2n) is 2.62. The van der Waals surface area contributed by atoms with Crippen LogP contribution in [0.25, 0.3) is 0 Å². The normalized spacial score (nSPS) is 11.8. The molecule has 62 valence electrons. The summed E-state index contributed by atoms with van der Waals surface area (Å²) in [5.41, 5.74) is 7.11. The van der Waals surface area contributed by atoms with Gasteiger partial charge < -0.3 is 11.1 Å². The van der Waals surface area contributed by atoms with Crippen molar-refractivity contribution >= 4 is 5.69 Å². The van der Waals surface area contributed by atoms with Gasteiger partial charge in [-0.25, -0.2) is 0 Å². The number of hydrogen-bond acceptors (Lipinski definition) is 3. The van der Waals surface area contributed by atoms with Gasteiger partial charge in [0.25, 0.3) is 0 Å². The molecule has 1 unspecified atom stereocenters. The van der Waals surface area contributed by atoms with E-state index in [1.807, 2.05) is 25.1 Å². The zero-order valence-electron chi connectivity index (χ0n) is 6.91. The van der Waals surface area contributed by atoms with Crippen LogP contribution in [0.3, 0.4) is 0 Å². The summed E-state index contributed by atoms with van der Waals surface area (Å²) < 4.78 is 0. The summed E-state index contributed by atoms with van der Waals surface area (Å²) in [5, 5.41) is 11.5. The molecule has 1 aromatic rings. The summed E-state index contributed by atoms with van der Waals surface area (Å²) in [6, 6.07) is 9.23. The van der Waals surface area contributed by atoms with Crippen molar-refractivity contribution in [2.45, 2.75) is 13.1 Å². The molecule has 0 bridgehead atoms. The maximum Gasteiger partial charge on any atom is 0.0991 e. The fourth-order valence-electron chi connectivity index (χ4n) is 0.904. The van der Waals surface area contributed by atoms with E-state index < -0.39 is 0 Å². The molecule has 1 atom stereocenters. The Bertz CT molecular complexity index is 282. The Labute approximate surface area is 71.8 Å². The molecule has 0 saturated carbocycles. The van der Waals surface area contributed by atoms with E-state index in [9.17, 15) is 0 Å². The third-order valence-electron chi connectivity index (χ3n) is 1.41. The fraction of sp³-hybridized carbons (Fsp3) is 0.222. The van der Waals surface area contributed by atoms with E-state index in [4.69, 9.17) is 11.0 Å². The Hall–Kier alpha value is -1.53. The maximum absolute atomic E-state index is 8.52. The van der Waals surface area contributed by atoms with Gasteiger partial charge in [0.2, 0.25) is 0 Å². The molecule has 3 N–H and O–H groups in total. The Morgan fingerprint density at radius 3 is 2.42 bits per heavy atom. The summed E-state index contributed by atoms with van der Waals surface area (Å²) in [6.45, 7) is 1.86. The van der Waals surface area contributed by atoms with E-state index in [0.717, 1.165) is 5.69 Å². The Balaban J connectivity index is 2.73. The lowest BCUT2D eigenvalue weighted by molar-refractivity contribution is 0.852. The van der Waals surface area contributed by atoms with E-state index in [2.05, 4.69) is 5.32 Å². The largest absolute Gasteiger partial charge is 0.370 e. The zero-order valence-corrected chi connectivity index (χ0v) is 6.91. The molecule has 0 aromatic heterocycles. The highest BCUT2D eigenvalue weighted by Gasteiger charge is 1.94. The van der Waals surface area contributed by atoms with Crippen molar-refractivity contribution in [3.05, 3.63) is 29.8 Å². The molecule has 0 saturated heterocycles. The van der Waals surface area contributed by atoms with Crippen LogP contribution in [0.5, 0.6) is 0 Å². The Morgan fingerprint density at radius 1 is 1.42 bits per heavy atom. The van der Waals surface area contributed by atoms with E-state index in [1.165, 1.54) is 0 Å². The van der Waals surface area contributed by atoms with Crippen LogP contribution in [0.1, 0.15) is 12.5 Å². The molecule has 0 amide bonds. The first kappa shape index (κ1) is 8.57. The Morgan fingerprint density at radius 2 is 2.00 bits per heavy atom. The van der Waals surface area contributed by atoms with Crippen molar-refractivity contribution in [1.82, 2.24) is 0 Å². The standard InChI is InChI=1S/C9H11N3/c1-7(11)12-9-4-2-8(6-10)3-5-9/h2-5,7,12H,11H2,1H3. The number of nitrogens with two attached hydrogens (primary N) is 1. The molecule has 0 heterocycles. The first-order chi connectivity index (χ1) is 5.72. The minimum absolute atomic E-state index is 0.0714. The number of nitriles is 1. The average Bonchev–Trinajstić information content (AvgIpc) is 2.05. The zero-order chi connectivity index (χ0) is 8.97. The molecule has 1 rings (SSSR count). The van der Waals surface area contributed by atoms with Crippen LogP contribution in [-0.2, 0) is 0 Å². The molecule has 0 aliphatic rings. The van der Waals surface area contributed by atoms with Gasteiger partial charge in [-0.1, -0.05) is 0 Å². The highest BCUT2D eigenvalue weighted by molar-refractivity contribution is 5.47. The maximum atomic E-state index is 8.52. The molecular formula is C9H11N3. The smallest absolute Gasteiger partial charge is 0.0991 e. The number of benzene rings is 1. The summed E-state index contributed by atoms with van der Waals surface area (Å²) in [6.07, 6.45) is -0.0714. The molecule has 3 nitrogen and oxygen atoms in total. The number of anilines is 1. The third-order valence-corrected chi connectivity index (χ3v) is 1.41.